The van der Waals surface area contributed by atoms with Gasteiger partial charge in [0.05, 0.1) is 11.0 Å². The molecule has 0 amide bonds. The maximum Gasteiger partial charge on any atom is 0.263 e. The van der Waals surface area contributed by atoms with Crippen molar-refractivity contribution in [2.75, 3.05) is 10.0 Å². The van der Waals surface area contributed by atoms with Gasteiger partial charge in [0, 0.05) is 6.04 Å². The van der Waals surface area contributed by atoms with Crippen LogP contribution < -0.4 is 14.8 Å². The van der Waals surface area contributed by atoms with E-state index in [1.807, 2.05) is 13.8 Å². The number of nitrogens with zero attached hydrogens (tertiary/aromatic N) is 2. The number of sulfonamides is 1. The summed E-state index contributed by atoms with van der Waals surface area (Å²) in [5, 5.41) is 11.4. The van der Waals surface area contributed by atoms with Crippen LogP contribution in [0.4, 0.5) is 11.6 Å². The van der Waals surface area contributed by atoms with Gasteiger partial charge in [0.25, 0.3) is 10.0 Å². The Morgan fingerprint density at radius 3 is 2.19 bits per heavy atom. The summed E-state index contributed by atoms with van der Waals surface area (Å²) in [6.45, 7) is 3.83. The van der Waals surface area contributed by atoms with E-state index < -0.39 is 10.0 Å². The second-order valence-corrected chi connectivity index (χ2v) is 8.71. The van der Waals surface area contributed by atoms with E-state index in [9.17, 15) is 8.42 Å². The monoisotopic (exact) mass is 390 g/mol. The molecule has 2 N–H and O–H groups in total. The summed E-state index contributed by atoms with van der Waals surface area (Å²) in [6.07, 6.45) is 6.03. The largest absolute Gasteiger partial charge is 0.491 e. The van der Waals surface area contributed by atoms with Crippen molar-refractivity contribution in [3.05, 3.63) is 36.4 Å². The van der Waals surface area contributed by atoms with E-state index in [0.717, 1.165) is 12.8 Å². The Morgan fingerprint density at radius 2 is 1.59 bits per heavy atom. The summed E-state index contributed by atoms with van der Waals surface area (Å²) in [7, 11) is -3.73. The number of anilines is 2. The molecular formula is C19H26N4O3S. The number of aromatic nitrogens is 2. The lowest BCUT2D eigenvalue weighted by atomic mass is 9.95. The van der Waals surface area contributed by atoms with Gasteiger partial charge in [0.2, 0.25) is 0 Å². The van der Waals surface area contributed by atoms with E-state index in [1.165, 1.54) is 31.4 Å². The van der Waals surface area contributed by atoms with Crippen molar-refractivity contribution in [3.63, 3.8) is 0 Å². The second-order valence-electron chi connectivity index (χ2n) is 7.03. The van der Waals surface area contributed by atoms with E-state index in [4.69, 9.17) is 4.74 Å². The molecule has 7 nitrogen and oxygen atoms in total. The first kappa shape index (κ1) is 19.4. The molecule has 1 heterocycles. The Morgan fingerprint density at radius 1 is 0.963 bits per heavy atom. The van der Waals surface area contributed by atoms with E-state index in [0.29, 0.717) is 17.6 Å². The van der Waals surface area contributed by atoms with Crippen LogP contribution in [0.3, 0.4) is 0 Å². The molecule has 1 aliphatic carbocycles. The number of hydrogen-bond donors (Lipinski definition) is 2. The maximum atomic E-state index is 12.5. The van der Waals surface area contributed by atoms with Crippen LogP contribution >= 0.6 is 0 Å². The highest BCUT2D eigenvalue weighted by Crippen LogP contribution is 2.22. The first-order valence-corrected chi connectivity index (χ1v) is 10.8. The second kappa shape index (κ2) is 8.56. The molecule has 3 rings (SSSR count). The van der Waals surface area contributed by atoms with Crippen molar-refractivity contribution in [2.45, 2.75) is 63.0 Å². The fourth-order valence-corrected chi connectivity index (χ4v) is 4.08. The van der Waals surface area contributed by atoms with E-state index >= 15 is 0 Å². The number of nitrogens with one attached hydrogen (secondary N) is 2. The molecule has 0 aliphatic heterocycles. The van der Waals surface area contributed by atoms with Crippen molar-refractivity contribution in [1.82, 2.24) is 10.2 Å². The molecule has 0 atom stereocenters. The van der Waals surface area contributed by atoms with Crippen LogP contribution in [0.2, 0.25) is 0 Å². The van der Waals surface area contributed by atoms with Crippen LogP contribution in [-0.4, -0.2) is 30.8 Å². The number of hydrogen-bond acceptors (Lipinski definition) is 6. The van der Waals surface area contributed by atoms with Crippen LogP contribution in [0.5, 0.6) is 5.75 Å². The highest BCUT2D eigenvalue weighted by Gasteiger charge is 2.17. The van der Waals surface area contributed by atoms with Crippen molar-refractivity contribution in [3.8, 4) is 5.75 Å². The summed E-state index contributed by atoms with van der Waals surface area (Å²) in [5.41, 5.74) is 0. The molecule has 2 aromatic rings. The third-order valence-electron chi connectivity index (χ3n) is 4.37. The molecule has 1 aromatic carbocycles. The van der Waals surface area contributed by atoms with Crippen molar-refractivity contribution >= 4 is 21.7 Å². The SMILES string of the molecule is CC(C)Oc1ccc(S(=O)(=O)Nc2ccc(NC3CCCCC3)nn2)cc1. The van der Waals surface area contributed by atoms with Gasteiger partial charge < -0.3 is 10.1 Å². The van der Waals surface area contributed by atoms with Crippen LogP contribution in [0.25, 0.3) is 0 Å². The predicted molar refractivity (Wildman–Crippen MR) is 106 cm³/mol. The van der Waals surface area contributed by atoms with Gasteiger partial charge in [-0.2, -0.15) is 0 Å². The molecular weight excluding hydrogens is 364 g/mol. The van der Waals surface area contributed by atoms with E-state index in [-0.39, 0.29) is 16.8 Å². The summed E-state index contributed by atoms with van der Waals surface area (Å²) < 4.78 is 33.0. The molecule has 0 spiro atoms. The smallest absolute Gasteiger partial charge is 0.263 e. The lowest BCUT2D eigenvalue weighted by molar-refractivity contribution is 0.242. The van der Waals surface area contributed by atoms with Crippen LogP contribution in [0, 0.1) is 0 Å². The third kappa shape index (κ3) is 5.56. The minimum Gasteiger partial charge on any atom is -0.491 e. The molecule has 146 valence electrons. The maximum absolute atomic E-state index is 12.5. The van der Waals surface area contributed by atoms with Gasteiger partial charge in [-0.1, -0.05) is 19.3 Å². The molecule has 8 heteroatoms. The summed E-state index contributed by atoms with van der Waals surface area (Å²) >= 11 is 0. The Balaban J connectivity index is 1.63. The van der Waals surface area contributed by atoms with Gasteiger partial charge in [-0.15, -0.1) is 10.2 Å². The third-order valence-corrected chi connectivity index (χ3v) is 5.74. The van der Waals surface area contributed by atoms with Gasteiger partial charge in [-0.3, -0.25) is 4.72 Å². The molecule has 1 saturated carbocycles. The average molecular weight is 391 g/mol. The minimum absolute atomic E-state index is 0.0293. The first-order valence-electron chi connectivity index (χ1n) is 9.32. The lowest BCUT2D eigenvalue weighted by Gasteiger charge is -2.22. The van der Waals surface area contributed by atoms with Gasteiger partial charge in [0.15, 0.2) is 5.82 Å². The van der Waals surface area contributed by atoms with Crippen molar-refractivity contribution in [1.29, 1.82) is 0 Å². The highest BCUT2D eigenvalue weighted by atomic mass is 32.2. The Bertz CT molecular complexity index is 830. The molecule has 1 fully saturated rings. The van der Waals surface area contributed by atoms with Crippen LogP contribution in [0.1, 0.15) is 46.0 Å². The van der Waals surface area contributed by atoms with E-state index in [2.05, 4.69) is 20.2 Å². The standard InChI is InChI=1S/C19H26N4O3S/c1-14(2)26-16-8-10-17(11-9-16)27(24,25)23-19-13-12-18(21-22-19)20-15-6-4-3-5-7-15/h8-15H,3-7H2,1-2H3,(H,20,21)(H,22,23). The van der Waals surface area contributed by atoms with Crippen LogP contribution in [-0.2, 0) is 10.0 Å². The first-order chi connectivity index (χ1) is 12.9. The van der Waals surface area contributed by atoms with Gasteiger partial charge in [0.1, 0.15) is 11.6 Å². The topological polar surface area (TPSA) is 93.2 Å². The van der Waals surface area contributed by atoms with Gasteiger partial charge in [-0.05, 0) is 63.1 Å². The Kier molecular flexibility index (Phi) is 6.15. The summed E-state index contributed by atoms with van der Waals surface area (Å²) in [5.74, 6) is 1.48. The Labute approximate surface area is 160 Å². The quantitative estimate of drug-likeness (QED) is 0.747. The van der Waals surface area contributed by atoms with Gasteiger partial charge >= 0.3 is 0 Å². The number of ether oxygens (including phenoxy) is 1. The van der Waals surface area contributed by atoms with Crippen LogP contribution in [0.15, 0.2) is 41.3 Å². The Hall–Kier alpha value is -2.35. The number of rotatable bonds is 7. The molecule has 1 aromatic heterocycles. The summed E-state index contributed by atoms with van der Waals surface area (Å²) in [6, 6.07) is 10.1. The zero-order valence-corrected chi connectivity index (χ0v) is 16.5. The lowest BCUT2D eigenvalue weighted by Crippen LogP contribution is -2.23. The molecule has 0 unspecified atom stereocenters. The molecule has 1 aliphatic rings. The zero-order chi connectivity index (χ0) is 19.3. The molecule has 0 radical (unpaired) electrons. The molecule has 0 saturated heterocycles. The zero-order valence-electron chi connectivity index (χ0n) is 15.7. The normalized spacial score (nSPS) is 15.5. The molecule has 27 heavy (non-hydrogen) atoms. The fraction of sp³-hybridized carbons (Fsp3) is 0.474. The van der Waals surface area contributed by atoms with Crippen molar-refractivity contribution in [2.24, 2.45) is 0 Å². The highest BCUT2D eigenvalue weighted by molar-refractivity contribution is 7.92. The predicted octanol–water partition coefficient (Wildman–Crippen LogP) is 3.81. The van der Waals surface area contributed by atoms with Gasteiger partial charge in [-0.25, -0.2) is 8.42 Å². The van der Waals surface area contributed by atoms with E-state index in [1.54, 1.807) is 24.3 Å². The molecule has 0 bridgehead atoms. The number of benzene rings is 1. The average Bonchev–Trinajstić information content (AvgIpc) is 2.64. The minimum atomic E-state index is -3.73. The summed E-state index contributed by atoms with van der Waals surface area (Å²) in [4.78, 5) is 0.143. The fourth-order valence-electron chi connectivity index (χ4n) is 3.09. The van der Waals surface area contributed by atoms with Crippen molar-refractivity contribution < 1.29 is 13.2 Å².